The molecule has 1 aromatic heterocycles. The van der Waals surface area contributed by atoms with Crippen molar-refractivity contribution in [3.05, 3.63) is 52.9 Å². The number of rotatable bonds is 4. The third-order valence-electron chi connectivity index (χ3n) is 4.55. The molecule has 2 heterocycles. The molecule has 10 heteroatoms. The van der Waals surface area contributed by atoms with E-state index in [-0.39, 0.29) is 24.0 Å². The van der Waals surface area contributed by atoms with Gasteiger partial charge in [0.2, 0.25) is 0 Å². The van der Waals surface area contributed by atoms with Crippen LogP contribution >= 0.6 is 24.0 Å². The zero-order valence-corrected chi connectivity index (χ0v) is 18.5. The summed E-state index contributed by atoms with van der Waals surface area (Å²) in [7, 11) is 1.66. The third kappa shape index (κ3) is 6.08. The predicted molar refractivity (Wildman–Crippen MR) is 113 cm³/mol. The Balaban J connectivity index is 0.00000300. The molecule has 1 N–H and O–H groups in total. The van der Waals surface area contributed by atoms with Crippen LogP contribution in [0.2, 0.25) is 0 Å². The molecule has 0 amide bonds. The van der Waals surface area contributed by atoms with E-state index in [1.807, 2.05) is 17.9 Å². The fourth-order valence-corrected chi connectivity index (χ4v) is 3.06. The van der Waals surface area contributed by atoms with E-state index < -0.39 is 17.8 Å². The van der Waals surface area contributed by atoms with Gasteiger partial charge in [-0.25, -0.2) is 0 Å². The monoisotopic (exact) mass is 524 g/mol. The number of morpholine rings is 1. The van der Waals surface area contributed by atoms with Crippen LogP contribution in [0.15, 0.2) is 39.8 Å². The van der Waals surface area contributed by atoms with Crippen LogP contribution in [-0.4, -0.2) is 42.8 Å². The highest BCUT2D eigenvalue weighted by atomic mass is 127. The Morgan fingerprint density at radius 1 is 1.34 bits per heavy atom. The van der Waals surface area contributed by atoms with Crippen LogP contribution in [0.3, 0.4) is 0 Å². The molecule has 2 aromatic rings. The van der Waals surface area contributed by atoms with Gasteiger partial charge in [-0.15, -0.1) is 24.0 Å². The molecule has 0 spiro atoms. The summed E-state index contributed by atoms with van der Waals surface area (Å²) in [6.45, 7) is 3.80. The number of hydrogen-bond donors (Lipinski definition) is 1. The number of ether oxygens (including phenoxy) is 1. The lowest BCUT2D eigenvalue weighted by Gasteiger charge is -2.35. The highest BCUT2D eigenvalue weighted by Gasteiger charge is 2.32. The van der Waals surface area contributed by atoms with Gasteiger partial charge in [-0.05, 0) is 24.1 Å². The highest BCUT2D eigenvalue weighted by Crippen LogP contribution is 2.32. The Morgan fingerprint density at radius 3 is 2.79 bits per heavy atom. The molecule has 29 heavy (non-hydrogen) atoms. The number of hydrogen-bond acceptors (Lipinski definition) is 4. The van der Waals surface area contributed by atoms with E-state index in [1.54, 1.807) is 13.1 Å². The maximum atomic E-state index is 13.0. The zero-order valence-electron chi connectivity index (χ0n) is 16.2. The van der Waals surface area contributed by atoms with E-state index in [0.717, 1.165) is 24.2 Å². The second kappa shape index (κ2) is 10.3. The lowest BCUT2D eigenvalue weighted by atomic mass is 10.0. The largest absolute Gasteiger partial charge is 0.416 e. The molecule has 1 aliphatic rings. The topological polar surface area (TPSA) is 62.9 Å². The molecule has 0 aliphatic carbocycles. The number of guanidine groups is 1. The second-order valence-corrected chi connectivity index (χ2v) is 6.47. The molecule has 6 nitrogen and oxygen atoms in total. The van der Waals surface area contributed by atoms with Crippen LogP contribution in [0.4, 0.5) is 13.2 Å². The summed E-state index contributed by atoms with van der Waals surface area (Å²) in [4.78, 5) is 6.24. The van der Waals surface area contributed by atoms with Gasteiger partial charge < -0.3 is 19.5 Å². The first kappa shape index (κ1) is 23.5. The first-order valence-electron chi connectivity index (χ1n) is 9.09. The lowest BCUT2D eigenvalue weighted by molar-refractivity contribution is -0.137. The minimum Gasteiger partial charge on any atom is -0.370 e. The molecule has 1 unspecified atom stereocenters. The number of halogens is 4. The van der Waals surface area contributed by atoms with Crippen LogP contribution in [-0.2, 0) is 23.9 Å². The van der Waals surface area contributed by atoms with Crippen LogP contribution in [0, 0.1) is 0 Å². The average Bonchev–Trinajstić information content (AvgIpc) is 3.16. The van der Waals surface area contributed by atoms with Crippen molar-refractivity contribution in [3.8, 4) is 0 Å². The van der Waals surface area contributed by atoms with E-state index in [9.17, 15) is 13.2 Å². The van der Waals surface area contributed by atoms with Gasteiger partial charge >= 0.3 is 6.18 Å². The maximum Gasteiger partial charge on any atom is 0.416 e. The normalized spacial score (nSPS) is 17.8. The fraction of sp³-hybridized carbons (Fsp3) is 0.474. The fourth-order valence-electron chi connectivity index (χ4n) is 3.06. The molecule has 1 aliphatic heterocycles. The molecular weight excluding hydrogens is 500 g/mol. The van der Waals surface area contributed by atoms with Crippen LogP contribution in [0.5, 0.6) is 0 Å². The van der Waals surface area contributed by atoms with Crippen molar-refractivity contribution in [2.45, 2.75) is 32.2 Å². The summed E-state index contributed by atoms with van der Waals surface area (Å²) >= 11 is 0. The molecule has 3 rings (SSSR count). The molecule has 1 fully saturated rings. The Kier molecular flexibility index (Phi) is 8.32. The Labute approximate surface area is 184 Å². The van der Waals surface area contributed by atoms with Crippen LogP contribution < -0.4 is 5.32 Å². The van der Waals surface area contributed by atoms with Crippen molar-refractivity contribution in [2.75, 3.05) is 26.7 Å². The van der Waals surface area contributed by atoms with Crippen molar-refractivity contribution < 1.29 is 22.4 Å². The van der Waals surface area contributed by atoms with Crippen molar-refractivity contribution >= 4 is 29.9 Å². The van der Waals surface area contributed by atoms with Gasteiger partial charge in [-0.3, -0.25) is 4.99 Å². The molecule has 1 saturated heterocycles. The lowest BCUT2D eigenvalue weighted by Crippen LogP contribution is -2.47. The summed E-state index contributed by atoms with van der Waals surface area (Å²) in [6.07, 6.45) is -4.05. The average molecular weight is 524 g/mol. The summed E-state index contributed by atoms with van der Waals surface area (Å²) in [5.74, 6) is 1.33. The zero-order chi connectivity index (χ0) is 20.1. The summed E-state index contributed by atoms with van der Waals surface area (Å²) < 4.78 is 49.9. The number of aryl methyl sites for hydroxylation is 1. The van der Waals surface area contributed by atoms with E-state index in [0.29, 0.717) is 43.5 Å². The highest BCUT2D eigenvalue weighted by molar-refractivity contribution is 14.0. The Hall–Kier alpha value is -1.82. The van der Waals surface area contributed by atoms with Gasteiger partial charge in [-0.1, -0.05) is 24.2 Å². The maximum absolute atomic E-state index is 13.0. The number of nitrogens with one attached hydrogen (secondary N) is 1. The smallest absolute Gasteiger partial charge is 0.370 e. The molecule has 1 atom stereocenters. The molecule has 0 saturated carbocycles. The van der Waals surface area contributed by atoms with Crippen molar-refractivity contribution in [2.24, 2.45) is 4.99 Å². The first-order valence-corrected chi connectivity index (χ1v) is 9.09. The number of alkyl halides is 3. The summed E-state index contributed by atoms with van der Waals surface area (Å²) in [5, 5.41) is 7.16. The van der Waals surface area contributed by atoms with E-state index in [1.165, 1.54) is 6.07 Å². The Morgan fingerprint density at radius 2 is 2.14 bits per heavy atom. The molecule has 1 aromatic carbocycles. The van der Waals surface area contributed by atoms with Crippen molar-refractivity contribution in [3.63, 3.8) is 0 Å². The van der Waals surface area contributed by atoms with Crippen LogP contribution in [0.1, 0.15) is 35.6 Å². The molecular formula is C19H24F3IN4O2. The number of aromatic nitrogens is 1. The van der Waals surface area contributed by atoms with E-state index >= 15 is 0 Å². The van der Waals surface area contributed by atoms with Gasteiger partial charge in [-0.2, -0.15) is 13.2 Å². The van der Waals surface area contributed by atoms with Gasteiger partial charge in [0.15, 0.2) is 11.7 Å². The van der Waals surface area contributed by atoms with Gasteiger partial charge in [0.25, 0.3) is 0 Å². The van der Waals surface area contributed by atoms with Crippen molar-refractivity contribution in [1.82, 2.24) is 15.4 Å². The minimum absolute atomic E-state index is 0. The molecule has 0 bridgehead atoms. The number of benzene rings is 1. The standard InChI is InChI=1S/C19H23F3N4O2.HI/c1-3-15-10-16(28-25-15)11-24-18(23-2)26-7-8-27-17(12-26)13-5-4-6-14(9-13)19(20,21)22;/h4-6,9-10,17H,3,7-8,11-12H2,1-2H3,(H,23,24);1H. The Bertz CT molecular complexity index is 826. The van der Waals surface area contributed by atoms with Gasteiger partial charge in [0.1, 0.15) is 6.10 Å². The van der Waals surface area contributed by atoms with Gasteiger partial charge in [0.05, 0.1) is 31.0 Å². The summed E-state index contributed by atoms with van der Waals surface area (Å²) in [5.41, 5.74) is 0.700. The quantitative estimate of drug-likeness (QED) is 0.372. The van der Waals surface area contributed by atoms with E-state index in [2.05, 4.69) is 15.5 Å². The third-order valence-corrected chi connectivity index (χ3v) is 4.55. The minimum atomic E-state index is -4.38. The van der Waals surface area contributed by atoms with E-state index in [4.69, 9.17) is 9.26 Å². The van der Waals surface area contributed by atoms with Crippen LogP contribution in [0.25, 0.3) is 0 Å². The second-order valence-electron chi connectivity index (χ2n) is 6.47. The summed E-state index contributed by atoms with van der Waals surface area (Å²) in [6, 6.07) is 7.14. The predicted octanol–water partition coefficient (Wildman–Crippen LogP) is 4.02. The molecule has 160 valence electrons. The van der Waals surface area contributed by atoms with Gasteiger partial charge in [0, 0.05) is 19.7 Å². The first-order chi connectivity index (χ1) is 13.4. The van der Waals surface area contributed by atoms with Crippen molar-refractivity contribution in [1.29, 1.82) is 0 Å². The number of nitrogens with zero attached hydrogens (tertiary/aromatic N) is 3. The molecule has 0 radical (unpaired) electrons. The number of aliphatic imine (C=N–C) groups is 1. The SMILES string of the molecule is CCc1cc(CNC(=NC)N2CCOC(c3cccc(C(F)(F)F)c3)C2)on1.I.